The molecule has 2 aromatic carbocycles. The summed E-state index contributed by atoms with van der Waals surface area (Å²) >= 11 is 0. The van der Waals surface area contributed by atoms with E-state index in [2.05, 4.69) is 4.90 Å². The average molecular weight is 532 g/mol. The van der Waals surface area contributed by atoms with Crippen molar-refractivity contribution in [3.05, 3.63) is 71.0 Å². The van der Waals surface area contributed by atoms with E-state index in [0.29, 0.717) is 31.7 Å². The molecule has 0 aromatic heterocycles. The number of aliphatic hydroxyl groups excluding tert-OH is 1. The molecule has 2 heterocycles. The molecule has 1 amide bonds. The number of aliphatic hydroxyl groups is 1. The number of carbonyl (C=O) groups excluding carboxylic acids is 2. The lowest BCUT2D eigenvalue weighted by Gasteiger charge is -2.29. The molecule has 37 heavy (non-hydrogen) atoms. The fourth-order valence-corrected chi connectivity index (χ4v) is 5.51. The minimum absolute atomic E-state index is 0.0698. The first kappa shape index (κ1) is 26.9. The molecule has 0 radical (unpaired) electrons. The Balaban J connectivity index is 1.72. The third kappa shape index (κ3) is 5.59. The number of rotatable bonds is 8. The SMILES string of the molecule is CN(C)S(=O)(=O)c1cccc(C(O)=C2C(=O)C(=O)N(CCCN3CCOCC3)[C@H]2c2ccc(F)cc2)c1. The summed E-state index contributed by atoms with van der Waals surface area (Å²) < 4.78 is 45.3. The van der Waals surface area contributed by atoms with Crippen molar-refractivity contribution in [1.82, 2.24) is 14.1 Å². The zero-order valence-electron chi connectivity index (χ0n) is 20.8. The van der Waals surface area contributed by atoms with Gasteiger partial charge in [0.15, 0.2) is 0 Å². The zero-order chi connectivity index (χ0) is 26.7. The lowest BCUT2D eigenvalue weighted by Crippen LogP contribution is -2.38. The number of nitrogens with zero attached hydrogens (tertiary/aromatic N) is 3. The van der Waals surface area contributed by atoms with Crippen molar-refractivity contribution >= 4 is 27.5 Å². The van der Waals surface area contributed by atoms with Gasteiger partial charge in [0, 0.05) is 45.8 Å². The van der Waals surface area contributed by atoms with E-state index in [0.717, 1.165) is 17.4 Å². The van der Waals surface area contributed by atoms with Gasteiger partial charge in [-0.05, 0) is 36.2 Å². The molecule has 4 rings (SSSR count). The van der Waals surface area contributed by atoms with E-state index < -0.39 is 39.3 Å². The van der Waals surface area contributed by atoms with Gasteiger partial charge < -0.3 is 14.7 Å². The van der Waals surface area contributed by atoms with Gasteiger partial charge in [-0.3, -0.25) is 14.5 Å². The van der Waals surface area contributed by atoms with Crippen LogP contribution in [0.3, 0.4) is 0 Å². The highest BCUT2D eigenvalue weighted by Crippen LogP contribution is 2.39. The van der Waals surface area contributed by atoms with Gasteiger partial charge in [-0.2, -0.15) is 0 Å². The van der Waals surface area contributed by atoms with Crippen LogP contribution in [-0.2, 0) is 24.3 Å². The standard InChI is InChI=1S/C26H30FN3O6S/c1-28(2)37(34,35)21-6-3-5-19(17-21)24(31)22-23(18-7-9-20(27)10-8-18)30(26(33)25(22)32)12-4-11-29-13-15-36-16-14-29/h3,5-10,17,23,31H,4,11-16H2,1-2H3/t23-/m0/s1. The van der Waals surface area contributed by atoms with Gasteiger partial charge in [0.05, 0.1) is 29.7 Å². The van der Waals surface area contributed by atoms with Crippen LogP contribution in [0.2, 0.25) is 0 Å². The Labute approximate surface area is 215 Å². The molecular weight excluding hydrogens is 501 g/mol. The second-order valence-electron chi connectivity index (χ2n) is 9.17. The van der Waals surface area contributed by atoms with Crippen LogP contribution in [-0.4, -0.2) is 92.8 Å². The lowest BCUT2D eigenvalue weighted by atomic mass is 9.95. The number of carbonyl (C=O) groups is 2. The molecule has 0 spiro atoms. The van der Waals surface area contributed by atoms with E-state index >= 15 is 0 Å². The Morgan fingerprint density at radius 2 is 1.76 bits per heavy atom. The third-order valence-electron chi connectivity index (χ3n) is 6.59. The van der Waals surface area contributed by atoms with Crippen molar-refractivity contribution in [2.45, 2.75) is 17.4 Å². The Kier molecular flexibility index (Phi) is 8.08. The molecule has 9 nitrogen and oxygen atoms in total. The van der Waals surface area contributed by atoms with Crippen LogP contribution in [0.4, 0.5) is 4.39 Å². The van der Waals surface area contributed by atoms with E-state index in [1.165, 1.54) is 67.5 Å². The quantitative estimate of drug-likeness (QED) is 0.316. The maximum atomic E-state index is 13.7. The van der Waals surface area contributed by atoms with Gasteiger partial charge in [-0.15, -0.1) is 0 Å². The monoisotopic (exact) mass is 531 g/mol. The average Bonchev–Trinajstić information content (AvgIpc) is 3.14. The summed E-state index contributed by atoms with van der Waals surface area (Å²) in [6.45, 7) is 3.80. The van der Waals surface area contributed by atoms with E-state index in [9.17, 15) is 27.5 Å². The van der Waals surface area contributed by atoms with Crippen molar-refractivity contribution in [2.24, 2.45) is 0 Å². The molecule has 2 aromatic rings. The van der Waals surface area contributed by atoms with Crippen LogP contribution in [0.5, 0.6) is 0 Å². The van der Waals surface area contributed by atoms with Crippen molar-refractivity contribution in [2.75, 3.05) is 53.5 Å². The van der Waals surface area contributed by atoms with Gasteiger partial charge in [-0.1, -0.05) is 24.3 Å². The zero-order valence-corrected chi connectivity index (χ0v) is 21.6. The molecule has 0 bridgehead atoms. The van der Waals surface area contributed by atoms with Gasteiger partial charge in [0.1, 0.15) is 11.6 Å². The predicted molar refractivity (Wildman–Crippen MR) is 135 cm³/mol. The Bertz CT molecular complexity index is 1300. The van der Waals surface area contributed by atoms with Crippen LogP contribution in [0.1, 0.15) is 23.6 Å². The topological polar surface area (TPSA) is 107 Å². The molecule has 1 N–H and O–H groups in total. The Morgan fingerprint density at radius 3 is 2.41 bits per heavy atom. The Morgan fingerprint density at radius 1 is 1.08 bits per heavy atom. The van der Waals surface area contributed by atoms with Crippen LogP contribution in [0.25, 0.3) is 5.76 Å². The van der Waals surface area contributed by atoms with Crippen LogP contribution < -0.4 is 0 Å². The second-order valence-corrected chi connectivity index (χ2v) is 11.3. The van der Waals surface area contributed by atoms with E-state index in [-0.39, 0.29) is 22.6 Å². The fourth-order valence-electron chi connectivity index (χ4n) is 4.56. The molecule has 0 aliphatic carbocycles. The number of benzene rings is 2. The molecule has 2 aliphatic rings. The van der Waals surface area contributed by atoms with Crippen molar-refractivity contribution in [3.8, 4) is 0 Å². The highest BCUT2D eigenvalue weighted by atomic mass is 32.2. The summed E-state index contributed by atoms with van der Waals surface area (Å²) in [4.78, 5) is 29.9. The number of sulfonamides is 1. The number of morpholine rings is 1. The summed E-state index contributed by atoms with van der Waals surface area (Å²) in [5.41, 5.74) is 0.384. The first-order valence-corrected chi connectivity index (χ1v) is 13.4. The molecule has 0 saturated carbocycles. The van der Waals surface area contributed by atoms with Crippen LogP contribution in [0, 0.1) is 5.82 Å². The number of likely N-dealkylation sites (tertiary alicyclic amines) is 1. The van der Waals surface area contributed by atoms with E-state index in [1.54, 1.807) is 0 Å². The van der Waals surface area contributed by atoms with Gasteiger partial charge in [-0.25, -0.2) is 17.1 Å². The third-order valence-corrected chi connectivity index (χ3v) is 8.40. The summed E-state index contributed by atoms with van der Waals surface area (Å²) in [5.74, 6) is -2.61. The maximum Gasteiger partial charge on any atom is 0.295 e. The number of hydrogen-bond donors (Lipinski definition) is 1. The molecule has 1 atom stereocenters. The summed E-state index contributed by atoms with van der Waals surface area (Å²) in [6, 6.07) is 10.0. The fraction of sp³-hybridized carbons (Fsp3) is 0.385. The predicted octanol–water partition coefficient (Wildman–Crippen LogP) is 2.22. The van der Waals surface area contributed by atoms with Gasteiger partial charge in [0.2, 0.25) is 10.0 Å². The number of hydrogen-bond acceptors (Lipinski definition) is 7. The van der Waals surface area contributed by atoms with Crippen LogP contribution in [0.15, 0.2) is 59.0 Å². The summed E-state index contributed by atoms with van der Waals surface area (Å²) in [7, 11) is -1.03. The molecule has 2 fully saturated rings. The van der Waals surface area contributed by atoms with Gasteiger partial charge in [0.25, 0.3) is 11.7 Å². The number of Topliss-reactive ketones (excluding diaryl/α,β-unsaturated/α-hetero) is 1. The van der Waals surface area contributed by atoms with E-state index in [4.69, 9.17) is 4.74 Å². The van der Waals surface area contributed by atoms with Gasteiger partial charge >= 0.3 is 0 Å². The molecule has 198 valence electrons. The first-order chi connectivity index (χ1) is 17.6. The molecule has 2 aliphatic heterocycles. The first-order valence-electron chi connectivity index (χ1n) is 12.0. The lowest BCUT2D eigenvalue weighted by molar-refractivity contribution is -0.140. The Hall–Kier alpha value is -3.12. The van der Waals surface area contributed by atoms with Crippen LogP contribution >= 0.6 is 0 Å². The number of ketones is 1. The molecule has 11 heteroatoms. The molecule has 0 unspecified atom stereocenters. The van der Waals surface area contributed by atoms with Crippen molar-refractivity contribution in [3.63, 3.8) is 0 Å². The number of halogens is 1. The number of ether oxygens (including phenoxy) is 1. The molecule has 2 saturated heterocycles. The van der Waals surface area contributed by atoms with Crippen molar-refractivity contribution in [1.29, 1.82) is 0 Å². The largest absolute Gasteiger partial charge is 0.507 e. The maximum absolute atomic E-state index is 13.7. The summed E-state index contributed by atoms with van der Waals surface area (Å²) in [5, 5.41) is 11.2. The normalized spacial score (nSPS) is 20.6. The van der Waals surface area contributed by atoms with E-state index in [1.807, 2.05) is 0 Å². The second kappa shape index (κ2) is 11.1. The number of amides is 1. The molecular formula is C26H30FN3O6S. The minimum atomic E-state index is -3.80. The minimum Gasteiger partial charge on any atom is -0.507 e. The van der Waals surface area contributed by atoms with Crippen molar-refractivity contribution < 1.29 is 32.2 Å². The highest BCUT2D eigenvalue weighted by Gasteiger charge is 2.46. The smallest absolute Gasteiger partial charge is 0.295 e. The summed E-state index contributed by atoms with van der Waals surface area (Å²) in [6.07, 6.45) is 0.585. The highest BCUT2D eigenvalue weighted by molar-refractivity contribution is 7.89.